The Kier molecular flexibility index (Phi) is 3.51. The summed E-state index contributed by atoms with van der Waals surface area (Å²) in [6.07, 6.45) is 4.72. The highest BCUT2D eigenvalue weighted by atomic mass is 32.1. The molecule has 0 aliphatic carbocycles. The monoisotopic (exact) mass is 233 g/mol. The first-order valence-electron chi connectivity index (χ1n) is 5.38. The van der Waals surface area contributed by atoms with Gasteiger partial charge in [0.1, 0.15) is 10.8 Å². The Labute approximate surface area is 99.6 Å². The van der Waals surface area contributed by atoms with E-state index < -0.39 is 0 Å². The molecule has 84 valence electrons. The van der Waals surface area contributed by atoms with Gasteiger partial charge in [-0.1, -0.05) is 13.0 Å². The van der Waals surface area contributed by atoms with Gasteiger partial charge in [-0.25, -0.2) is 9.97 Å². The summed E-state index contributed by atoms with van der Waals surface area (Å²) in [5, 5.41) is 6.51. The third kappa shape index (κ3) is 2.58. The molecule has 0 aromatic carbocycles. The molecule has 1 unspecified atom stereocenters. The van der Waals surface area contributed by atoms with Crippen LogP contribution in [0.25, 0.3) is 0 Å². The summed E-state index contributed by atoms with van der Waals surface area (Å²) in [5.74, 6) is 0.910. The van der Waals surface area contributed by atoms with E-state index in [9.17, 15) is 0 Å². The predicted molar refractivity (Wildman–Crippen MR) is 67.7 cm³/mol. The van der Waals surface area contributed by atoms with E-state index in [4.69, 9.17) is 0 Å². The van der Waals surface area contributed by atoms with E-state index in [1.807, 2.05) is 30.8 Å². The molecule has 0 fully saturated rings. The molecule has 16 heavy (non-hydrogen) atoms. The van der Waals surface area contributed by atoms with Crippen molar-refractivity contribution in [3.05, 3.63) is 40.5 Å². The van der Waals surface area contributed by atoms with Crippen molar-refractivity contribution >= 4 is 17.2 Å². The molecule has 0 amide bonds. The number of nitrogens with zero attached hydrogens (tertiary/aromatic N) is 2. The fraction of sp³-hybridized carbons (Fsp3) is 0.333. The van der Waals surface area contributed by atoms with Crippen LogP contribution in [0.15, 0.2) is 29.9 Å². The largest absolute Gasteiger partial charge is 0.361 e. The maximum Gasteiger partial charge on any atom is 0.126 e. The van der Waals surface area contributed by atoms with Crippen LogP contribution in [0.4, 0.5) is 5.82 Å². The molecule has 3 nitrogen and oxygen atoms in total. The number of rotatable bonds is 4. The lowest BCUT2D eigenvalue weighted by atomic mass is 10.2. The molecule has 2 aromatic heterocycles. The number of aromatic nitrogens is 2. The normalized spacial score (nSPS) is 12.4. The molecular formula is C12H15N3S. The van der Waals surface area contributed by atoms with Crippen molar-refractivity contribution in [2.45, 2.75) is 26.3 Å². The molecule has 1 N–H and O–H groups in total. The van der Waals surface area contributed by atoms with Crippen molar-refractivity contribution in [3.8, 4) is 0 Å². The van der Waals surface area contributed by atoms with Crippen molar-refractivity contribution in [2.75, 3.05) is 5.32 Å². The summed E-state index contributed by atoms with van der Waals surface area (Å²) < 4.78 is 0. The Morgan fingerprint density at radius 2 is 2.25 bits per heavy atom. The average Bonchev–Trinajstić information content (AvgIpc) is 2.82. The van der Waals surface area contributed by atoms with E-state index >= 15 is 0 Å². The van der Waals surface area contributed by atoms with Crippen LogP contribution in [0, 0.1) is 6.92 Å². The second-order valence-corrected chi connectivity index (χ2v) is 4.62. The van der Waals surface area contributed by atoms with Crippen molar-refractivity contribution < 1.29 is 0 Å². The Hall–Kier alpha value is -1.42. The first-order valence-corrected chi connectivity index (χ1v) is 6.26. The van der Waals surface area contributed by atoms with Gasteiger partial charge >= 0.3 is 0 Å². The van der Waals surface area contributed by atoms with Gasteiger partial charge in [0.15, 0.2) is 0 Å². The number of thiazole rings is 1. The Morgan fingerprint density at radius 1 is 1.38 bits per heavy atom. The van der Waals surface area contributed by atoms with Gasteiger partial charge in [0, 0.05) is 17.8 Å². The number of anilines is 1. The van der Waals surface area contributed by atoms with Gasteiger partial charge in [-0.05, 0) is 25.0 Å². The molecule has 2 heterocycles. The molecule has 0 spiro atoms. The number of pyridine rings is 1. The van der Waals surface area contributed by atoms with Crippen LogP contribution in [0.3, 0.4) is 0 Å². The smallest absolute Gasteiger partial charge is 0.126 e. The van der Waals surface area contributed by atoms with Crippen LogP contribution < -0.4 is 5.32 Å². The molecule has 0 aliphatic heterocycles. The Morgan fingerprint density at radius 3 is 2.81 bits per heavy atom. The fourth-order valence-electron chi connectivity index (χ4n) is 1.48. The van der Waals surface area contributed by atoms with Gasteiger partial charge in [0.25, 0.3) is 0 Å². The maximum atomic E-state index is 4.34. The van der Waals surface area contributed by atoms with Gasteiger partial charge in [0.05, 0.1) is 6.04 Å². The minimum atomic E-state index is 0.259. The number of aryl methyl sites for hydroxylation is 1. The van der Waals surface area contributed by atoms with Gasteiger partial charge in [0.2, 0.25) is 0 Å². The van der Waals surface area contributed by atoms with Crippen LogP contribution >= 0.6 is 11.3 Å². The summed E-state index contributed by atoms with van der Waals surface area (Å²) in [7, 11) is 0. The van der Waals surface area contributed by atoms with Crippen LogP contribution in [-0.2, 0) is 0 Å². The van der Waals surface area contributed by atoms with E-state index in [2.05, 4.69) is 28.3 Å². The lowest BCUT2D eigenvalue weighted by molar-refractivity contribution is 0.737. The van der Waals surface area contributed by atoms with Crippen molar-refractivity contribution in [2.24, 2.45) is 0 Å². The number of hydrogen-bond donors (Lipinski definition) is 1. The van der Waals surface area contributed by atoms with Gasteiger partial charge in [-0.2, -0.15) is 0 Å². The topological polar surface area (TPSA) is 37.8 Å². The molecule has 0 radical (unpaired) electrons. The van der Waals surface area contributed by atoms with Crippen LogP contribution in [-0.4, -0.2) is 9.97 Å². The minimum Gasteiger partial charge on any atom is -0.361 e. The Balaban J connectivity index is 2.10. The van der Waals surface area contributed by atoms with Crippen molar-refractivity contribution in [1.82, 2.24) is 9.97 Å². The summed E-state index contributed by atoms with van der Waals surface area (Å²) in [6.45, 7) is 4.18. The van der Waals surface area contributed by atoms with E-state index in [-0.39, 0.29) is 6.04 Å². The quantitative estimate of drug-likeness (QED) is 0.879. The van der Waals surface area contributed by atoms with Crippen LogP contribution in [0.1, 0.15) is 30.0 Å². The lowest BCUT2D eigenvalue weighted by Gasteiger charge is -2.14. The highest BCUT2D eigenvalue weighted by molar-refractivity contribution is 7.09. The van der Waals surface area contributed by atoms with Crippen molar-refractivity contribution in [1.29, 1.82) is 0 Å². The second-order valence-electron chi connectivity index (χ2n) is 3.70. The maximum absolute atomic E-state index is 4.34. The average molecular weight is 233 g/mol. The van der Waals surface area contributed by atoms with Crippen LogP contribution in [0.5, 0.6) is 0 Å². The first kappa shape index (κ1) is 11.1. The molecular weight excluding hydrogens is 218 g/mol. The number of nitrogens with one attached hydrogen (secondary N) is 1. The lowest BCUT2D eigenvalue weighted by Crippen LogP contribution is -2.10. The summed E-state index contributed by atoms with van der Waals surface area (Å²) in [5.41, 5.74) is 1.17. The standard InChI is InChI=1S/C12H15N3S/c1-3-10(12-13-6-7-16-12)15-11-5-4-9(2)8-14-11/h4-8,10H,3H2,1-2H3,(H,14,15). The van der Waals surface area contributed by atoms with E-state index in [0.717, 1.165) is 17.2 Å². The zero-order valence-corrected chi connectivity index (χ0v) is 10.3. The SMILES string of the molecule is CCC(Nc1ccc(C)cn1)c1nccs1. The molecule has 0 saturated carbocycles. The molecule has 2 rings (SSSR count). The molecule has 0 saturated heterocycles. The first-order chi connectivity index (χ1) is 7.79. The molecule has 1 atom stereocenters. The third-order valence-corrected chi connectivity index (χ3v) is 3.28. The second kappa shape index (κ2) is 5.07. The van der Waals surface area contributed by atoms with E-state index in [0.29, 0.717) is 0 Å². The van der Waals surface area contributed by atoms with Gasteiger partial charge in [-0.3, -0.25) is 0 Å². The fourth-order valence-corrected chi connectivity index (χ4v) is 2.25. The summed E-state index contributed by atoms with van der Waals surface area (Å²) >= 11 is 1.68. The summed E-state index contributed by atoms with van der Waals surface area (Å²) in [6, 6.07) is 4.32. The van der Waals surface area contributed by atoms with Gasteiger partial charge < -0.3 is 5.32 Å². The van der Waals surface area contributed by atoms with E-state index in [1.165, 1.54) is 5.56 Å². The molecule has 0 bridgehead atoms. The molecule has 4 heteroatoms. The molecule has 0 aliphatic rings. The Bertz CT molecular complexity index is 422. The van der Waals surface area contributed by atoms with E-state index in [1.54, 1.807) is 11.3 Å². The zero-order valence-electron chi connectivity index (χ0n) is 9.47. The highest BCUT2D eigenvalue weighted by Crippen LogP contribution is 2.22. The predicted octanol–water partition coefficient (Wildman–Crippen LogP) is 3.41. The summed E-state index contributed by atoms with van der Waals surface area (Å²) in [4.78, 5) is 8.67. The van der Waals surface area contributed by atoms with Crippen LogP contribution in [0.2, 0.25) is 0 Å². The zero-order chi connectivity index (χ0) is 11.4. The number of hydrogen-bond acceptors (Lipinski definition) is 4. The highest BCUT2D eigenvalue weighted by Gasteiger charge is 2.11. The van der Waals surface area contributed by atoms with Crippen molar-refractivity contribution in [3.63, 3.8) is 0 Å². The molecule has 2 aromatic rings. The third-order valence-electron chi connectivity index (χ3n) is 2.39. The minimum absolute atomic E-state index is 0.259. The van der Waals surface area contributed by atoms with Gasteiger partial charge in [-0.15, -0.1) is 11.3 Å².